The number of rotatable bonds is 7. The number of hydrogen-bond acceptors (Lipinski definition) is 5. The first-order valence-corrected chi connectivity index (χ1v) is 11.8. The number of nitrogens with zero attached hydrogens (tertiary/aromatic N) is 1. The van der Waals surface area contributed by atoms with E-state index in [-0.39, 0.29) is 6.54 Å². The number of esters is 1. The number of carbonyl (C=O) groups is 2. The Morgan fingerprint density at radius 3 is 2.21 bits per heavy atom. The maximum absolute atomic E-state index is 13.2. The molecule has 0 fully saturated rings. The van der Waals surface area contributed by atoms with Gasteiger partial charge < -0.3 is 10.1 Å². The highest BCUT2D eigenvalue weighted by atomic mass is 32.2. The standard InChI is InChI=1S/C24H23FN2O5S/c1-16-21(24(29)32-2)5-4-6-22(16)26-23(28)18-9-13-20(14-10-18)27(33(3,30)31)15-17-7-11-19(25)12-8-17/h4-14H,15H2,1-3H3,(H,26,28). The summed E-state index contributed by atoms with van der Waals surface area (Å²) in [6.07, 6.45) is 1.08. The fraction of sp³-hybridized carbons (Fsp3) is 0.167. The first-order chi connectivity index (χ1) is 15.6. The molecule has 172 valence electrons. The molecule has 0 aliphatic heterocycles. The van der Waals surface area contributed by atoms with Gasteiger partial charge in [-0.2, -0.15) is 0 Å². The zero-order valence-corrected chi connectivity index (χ0v) is 19.1. The molecule has 0 saturated carbocycles. The van der Waals surface area contributed by atoms with Gasteiger partial charge in [-0.05, 0) is 66.6 Å². The second kappa shape index (κ2) is 9.83. The van der Waals surface area contributed by atoms with Gasteiger partial charge in [0.1, 0.15) is 5.82 Å². The van der Waals surface area contributed by atoms with Crippen LogP contribution in [0.3, 0.4) is 0 Å². The van der Waals surface area contributed by atoms with Crippen LogP contribution in [0.15, 0.2) is 66.7 Å². The number of methoxy groups -OCH3 is 1. The summed E-state index contributed by atoms with van der Waals surface area (Å²) in [7, 11) is -2.35. The number of nitrogens with one attached hydrogen (secondary N) is 1. The van der Waals surface area contributed by atoms with E-state index in [2.05, 4.69) is 5.32 Å². The quantitative estimate of drug-likeness (QED) is 0.524. The van der Waals surface area contributed by atoms with Crippen molar-refractivity contribution >= 4 is 33.3 Å². The summed E-state index contributed by atoms with van der Waals surface area (Å²) in [5.74, 6) is -1.33. The van der Waals surface area contributed by atoms with Crippen molar-refractivity contribution in [1.82, 2.24) is 0 Å². The van der Waals surface area contributed by atoms with Gasteiger partial charge in [-0.3, -0.25) is 9.10 Å². The molecular formula is C24H23FN2O5S. The predicted octanol–water partition coefficient (Wildman–Crippen LogP) is 4.14. The lowest BCUT2D eigenvalue weighted by atomic mass is 10.1. The summed E-state index contributed by atoms with van der Waals surface area (Å²) in [5, 5.41) is 2.76. The third kappa shape index (κ3) is 5.75. The number of benzene rings is 3. The number of amides is 1. The molecule has 0 spiro atoms. The van der Waals surface area contributed by atoms with Crippen molar-refractivity contribution in [3.63, 3.8) is 0 Å². The summed E-state index contributed by atoms with van der Waals surface area (Å²) >= 11 is 0. The Balaban J connectivity index is 1.81. The van der Waals surface area contributed by atoms with Crippen LogP contribution in [0.1, 0.15) is 31.8 Å². The van der Waals surface area contributed by atoms with Gasteiger partial charge in [0.15, 0.2) is 0 Å². The number of anilines is 2. The molecule has 7 nitrogen and oxygen atoms in total. The van der Waals surface area contributed by atoms with E-state index in [9.17, 15) is 22.4 Å². The number of ether oxygens (including phenoxy) is 1. The molecule has 0 heterocycles. The van der Waals surface area contributed by atoms with Crippen LogP contribution in [-0.2, 0) is 21.3 Å². The van der Waals surface area contributed by atoms with Gasteiger partial charge >= 0.3 is 5.97 Å². The molecule has 0 aromatic heterocycles. The first-order valence-electron chi connectivity index (χ1n) is 9.91. The highest BCUT2D eigenvalue weighted by Crippen LogP contribution is 2.23. The monoisotopic (exact) mass is 470 g/mol. The summed E-state index contributed by atoms with van der Waals surface area (Å²) < 4.78 is 43.8. The second-order valence-corrected chi connectivity index (χ2v) is 9.27. The Morgan fingerprint density at radius 1 is 1.00 bits per heavy atom. The van der Waals surface area contributed by atoms with Gasteiger partial charge in [0, 0.05) is 11.3 Å². The van der Waals surface area contributed by atoms with Crippen LogP contribution in [0.4, 0.5) is 15.8 Å². The number of sulfonamides is 1. The van der Waals surface area contributed by atoms with Crippen molar-refractivity contribution in [2.24, 2.45) is 0 Å². The Morgan fingerprint density at radius 2 is 1.64 bits per heavy atom. The van der Waals surface area contributed by atoms with Crippen LogP contribution in [0.25, 0.3) is 0 Å². The Bertz CT molecular complexity index is 1270. The normalized spacial score (nSPS) is 11.0. The molecule has 3 aromatic carbocycles. The van der Waals surface area contributed by atoms with E-state index in [0.29, 0.717) is 33.6 Å². The second-order valence-electron chi connectivity index (χ2n) is 7.37. The van der Waals surface area contributed by atoms with Crippen LogP contribution in [0.2, 0.25) is 0 Å². The Hall–Kier alpha value is -3.72. The minimum atomic E-state index is -3.63. The molecule has 0 aliphatic rings. The van der Waals surface area contributed by atoms with Crippen molar-refractivity contribution in [1.29, 1.82) is 0 Å². The average molecular weight is 471 g/mol. The number of hydrogen-bond donors (Lipinski definition) is 1. The van der Waals surface area contributed by atoms with Crippen molar-refractivity contribution < 1.29 is 27.1 Å². The van der Waals surface area contributed by atoms with E-state index in [1.165, 1.54) is 59.9 Å². The van der Waals surface area contributed by atoms with E-state index in [1.54, 1.807) is 25.1 Å². The van der Waals surface area contributed by atoms with E-state index in [1.807, 2.05) is 0 Å². The summed E-state index contributed by atoms with van der Waals surface area (Å²) in [6, 6.07) is 16.5. The van der Waals surface area contributed by atoms with Crippen LogP contribution < -0.4 is 9.62 Å². The predicted molar refractivity (Wildman–Crippen MR) is 124 cm³/mol. The molecule has 0 bridgehead atoms. The zero-order chi connectivity index (χ0) is 24.2. The maximum atomic E-state index is 13.2. The van der Waals surface area contributed by atoms with Crippen LogP contribution >= 0.6 is 0 Å². The lowest BCUT2D eigenvalue weighted by molar-refractivity contribution is 0.0599. The molecule has 3 rings (SSSR count). The number of halogens is 1. The molecule has 1 amide bonds. The van der Waals surface area contributed by atoms with Gasteiger partial charge in [0.25, 0.3) is 5.91 Å². The van der Waals surface area contributed by atoms with Crippen LogP contribution in [0, 0.1) is 12.7 Å². The maximum Gasteiger partial charge on any atom is 0.338 e. The van der Waals surface area contributed by atoms with E-state index >= 15 is 0 Å². The van der Waals surface area contributed by atoms with E-state index in [0.717, 1.165) is 6.26 Å². The topological polar surface area (TPSA) is 92.8 Å². The average Bonchev–Trinajstić information content (AvgIpc) is 2.79. The molecule has 3 aromatic rings. The third-order valence-electron chi connectivity index (χ3n) is 5.04. The molecule has 0 aliphatic carbocycles. The van der Waals surface area contributed by atoms with Crippen molar-refractivity contribution in [3.05, 3.63) is 94.8 Å². The Kier molecular flexibility index (Phi) is 7.13. The minimum Gasteiger partial charge on any atom is -0.465 e. The van der Waals surface area contributed by atoms with Crippen LogP contribution in [0.5, 0.6) is 0 Å². The van der Waals surface area contributed by atoms with Gasteiger partial charge in [-0.1, -0.05) is 18.2 Å². The smallest absolute Gasteiger partial charge is 0.338 e. The van der Waals surface area contributed by atoms with Crippen molar-refractivity contribution in [3.8, 4) is 0 Å². The molecule has 0 radical (unpaired) electrons. The summed E-state index contributed by atoms with van der Waals surface area (Å²) in [5.41, 5.74) is 2.65. The van der Waals surface area contributed by atoms with Crippen molar-refractivity contribution in [2.75, 3.05) is 23.0 Å². The van der Waals surface area contributed by atoms with Gasteiger partial charge in [-0.25, -0.2) is 17.6 Å². The molecule has 1 N–H and O–H groups in total. The highest BCUT2D eigenvalue weighted by Gasteiger charge is 2.19. The fourth-order valence-electron chi connectivity index (χ4n) is 3.23. The molecule has 0 atom stereocenters. The molecule has 9 heteroatoms. The molecule has 33 heavy (non-hydrogen) atoms. The van der Waals surface area contributed by atoms with Crippen molar-refractivity contribution in [2.45, 2.75) is 13.5 Å². The van der Waals surface area contributed by atoms with Gasteiger partial charge in [-0.15, -0.1) is 0 Å². The van der Waals surface area contributed by atoms with Gasteiger partial charge in [0.05, 0.1) is 31.2 Å². The molecule has 0 saturated heterocycles. The summed E-state index contributed by atoms with van der Waals surface area (Å²) in [4.78, 5) is 24.6. The van der Waals surface area contributed by atoms with Gasteiger partial charge in [0.2, 0.25) is 10.0 Å². The highest BCUT2D eigenvalue weighted by molar-refractivity contribution is 7.92. The van der Waals surface area contributed by atoms with Crippen LogP contribution in [-0.4, -0.2) is 33.7 Å². The largest absolute Gasteiger partial charge is 0.465 e. The third-order valence-corrected chi connectivity index (χ3v) is 6.19. The Labute approximate surface area is 191 Å². The number of carbonyl (C=O) groups excluding carboxylic acids is 2. The molecular weight excluding hydrogens is 447 g/mol. The SMILES string of the molecule is COC(=O)c1cccc(NC(=O)c2ccc(N(Cc3ccc(F)cc3)S(C)(=O)=O)cc2)c1C. The molecule has 0 unspecified atom stereocenters. The summed E-state index contributed by atoms with van der Waals surface area (Å²) in [6.45, 7) is 1.72. The lowest BCUT2D eigenvalue weighted by Gasteiger charge is -2.23. The lowest BCUT2D eigenvalue weighted by Crippen LogP contribution is -2.29. The van der Waals surface area contributed by atoms with E-state index < -0.39 is 27.7 Å². The zero-order valence-electron chi connectivity index (χ0n) is 18.3. The fourth-order valence-corrected chi connectivity index (χ4v) is 4.12. The first kappa shape index (κ1) is 23.9. The van der Waals surface area contributed by atoms with E-state index in [4.69, 9.17) is 4.74 Å². The minimum absolute atomic E-state index is 0.0180.